The molecule has 2 saturated heterocycles. The van der Waals surface area contributed by atoms with Crippen LogP contribution >= 0.6 is 65.3 Å². The fourth-order valence-corrected chi connectivity index (χ4v) is 10.0. The molecule has 2 fully saturated rings. The van der Waals surface area contributed by atoms with Gasteiger partial charge in [-0.3, -0.25) is 24.4 Å². The highest BCUT2D eigenvalue weighted by molar-refractivity contribution is 7.59. The molecule has 3 aromatic heterocycles. The van der Waals surface area contributed by atoms with Crippen LogP contribution in [-0.4, -0.2) is 122 Å². The van der Waals surface area contributed by atoms with Crippen LogP contribution in [0.5, 0.6) is 0 Å². The zero-order valence-electron chi connectivity index (χ0n) is 40.4. The smallest absolute Gasteiger partial charge is 0.324 e. The number of carbonyl (C=O) groups excluding carboxylic acids is 4. The molecule has 6 bridgehead atoms. The summed E-state index contributed by atoms with van der Waals surface area (Å²) in [5.74, 6) is -1.70. The first-order chi connectivity index (χ1) is 29.8. The van der Waals surface area contributed by atoms with Crippen LogP contribution in [0.2, 0.25) is 0 Å². The molecule has 372 valence electrons. The Balaban J connectivity index is 0.00000298. The molecule has 3 aliphatic heterocycles. The Morgan fingerprint density at radius 1 is 1.12 bits per heavy atom. The summed E-state index contributed by atoms with van der Waals surface area (Å²) >= 11 is 1.41. The number of carbonyl (C=O) groups is 4. The first-order valence-electron chi connectivity index (χ1n) is 22.2. The van der Waals surface area contributed by atoms with E-state index in [4.69, 9.17) is 19.4 Å². The first kappa shape index (κ1) is 57.8. The lowest BCUT2D eigenvalue weighted by molar-refractivity contribution is -0.155. The van der Waals surface area contributed by atoms with Gasteiger partial charge in [-0.05, 0) is 82.7 Å². The molecule has 0 saturated carbocycles. The number of hydrogen-bond donors (Lipinski definition) is 3. The maximum absolute atomic E-state index is 14.6. The number of aromatic nitrogens is 3. The topological polar surface area (TPSA) is 171 Å². The number of urea groups is 1. The van der Waals surface area contributed by atoms with E-state index in [1.807, 2.05) is 32.2 Å². The van der Waals surface area contributed by atoms with Gasteiger partial charge in [0.05, 0.1) is 40.4 Å². The van der Waals surface area contributed by atoms with Gasteiger partial charge in [-0.15, -0.1) is 11.3 Å². The van der Waals surface area contributed by atoms with Crippen molar-refractivity contribution in [3.05, 3.63) is 58.2 Å². The Hall–Kier alpha value is -3.50. The number of nitrogens with zero attached hydrogens (tertiary/aromatic N) is 6. The van der Waals surface area contributed by atoms with Gasteiger partial charge in [0.15, 0.2) is 0 Å². The second-order valence-corrected chi connectivity index (χ2v) is 20.1. The van der Waals surface area contributed by atoms with Gasteiger partial charge in [-0.1, -0.05) is 33.8 Å². The van der Waals surface area contributed by atoms with Crippen LogP contribution < -0.4 is 10.7 Å². The maximum Gasteiger partial charge on any atom is 0.324 e. The molecular weight excluding hydrogens is 949 g/mol. The number of ether oxygens (including phenoxy) is 2. The minimum atomic E-state index is -1.07. The largest absolute Gasteiger partial charge is 0.464 e. The highest BCUT2D eigenvalue weighted by atomic mass is 32.1. The lowest BCUT2D eigenvalue weighted by atomic mass is 9.84. The molecule has 3 N–H and O–H groups in total. The molecule has 15 nitrogen and oxygen atoms in total. The van der Waals surface area contributed by atoms with E-state index in [-0.39, 0.29) is 91.0 Å². The highest BCUT2D eigenvalue weighted by Crippen LogP contribution is 2.42. The molecule has 0 spiro atoms. The van der Waals surface area contributed by atoms with Crippen LogP contribution in [0.1, 0.15) is 90.6 Å². The van der Waals surface area contributed by atoms with Gasteiger partial charge in [-0.2, -0.15) is 54.0 Å². The third-order valence-corrected chi connectivity index (χ3v) is 13.8. The third-order valence-electron chi connectivity index (χ3n) is 12.9. The van der Waals surface area contributed by atoms with Gasteiger partial charge in [-0.25, -0.2) is 15.2 Å². The molecule has 67 heavy (non-hydrogen) atoms. The van der Waals surface area contributed by atoms with Crippen molar-refractivity contribution < 1.29 is 33.8 Å². The number of esters is 1. The molecule has 0 unspecified atom stereocenters. The summed E-state index contributed by atoms with van der Waals surface area (Å²) in [6.45, 7) is 17.4. The van der Waals surface area contributed by atoms with Gasteiger partial charge in [0.2, 0.25) is 5.91 Å². The number of hydrogen-bond acceptors (Lipinski definition) is 11. The maximum atomic E-state index is 14.6. The Bertz CT molecular complexity index is 2360. The van der Waals surface area contributed by atoms with Crippen molar-refractivity contribution in [3.8, 4) is 22.5 Å². The number of likely N-dealkylation sites (tertiary alicyclic amines) is 1. The molecule has 4 amide bonds. The van der Waals surface area contributed by atoms with E-state index in [2.05, 4.69) is 60.3 Å². The molecule has 6 heterocycles. The number of nitrogens with one attached hydrogen (secondary N) is 2. The second-order valence-electron chi connectivity index (χ2n) is 19.1. The Kier molecular flexibility index (Phi) is 20.2. The zero-order chi connectivity index (χ0) is 45.5. The van der Waals surface area contributed by atoms with Crippen molar-refractivity contribution in [2.24, 2.45) is 17.3 Å². The number of cyclic esters (lactones) is 1. The lowest BCUT2D eigenvalue weighted by Gasteiger charge is -2.47. The van der Waals surface area contributed by atoms with Gasteiger partial charge >= 0.3 is 12.0 Å². The SMILES string of the molecule is CCn1c(-c2cccnc2[C@H](C)OC)c2c3cc(ccc31)-c1csc(n1)C[C@H](NC(=O)[C@H](C(C)C)N(C)C(=O)N1CC(C(C)(C)O)C1)C(=O)N1CCC[C@H](N1)C(=O)OCC(C)(C)C2.S.S.S.S. The van der Waals surface area contributed by atoms with E-state index < -0.39 is 46.9 Å². The number of pyridine rings is 1. The number of amides is 4. The summed E-state index contributed by atoms with van der Waals surface area (Å²) < 4.78 is 14.2. The molecule has 0 aliphatic carbocycles. The summed E-state index contributed by atoms with van der Waals surface area (Å²) in [6.07, 6.45) is 3.23. The Morgan fingerprint density at radius 3 is 2.46 bits per heavy atom. The number of rotatable bonds is 9. The number of methoxy groups -OCH3 is 1. The summed E-state index contributed by atoms with van der Waals surface area (Å²) in [4.78, 5) is 69.3. The number of aliphatic hydroxyl groups is 1. The molecule has 3 aliphatic rings. The van der Waals surface area contributed by atoms with Crippen LogP contribution in [0.3, 0.4) is 0 Å². The number of benzene rings is 1. The summed E-state index contributed by atoms with van der Waals surface area (Å²) in [6, 6.07) is 7.36. The Morgan fingerprint density at radius 2 is 1.82 bits per heavy atom. The number of aryl methyl sites for hydroxylation is 1. The second kappa shape index (κ2) is 23.4. The number of hydrazine groups is 1. The van der Waals surface area contributed by atoms with E-state index >= 15 is 0 Å². The van der Waals surface area contributed by atoms with Crippen molar-refractivity contribution in [2.75, 3.05) is 40.4 Å². The lowest BCUT2D eigenvalue weighted by Crippen LogP contribution is -2.64. The van der Waals surface area contributed by atoms with Crippen LogP contribution in [0.15, 0.2) is 41.9 Å². The molecule has 4 atom stereocenters. The monoisotopic (exact) mass is 1020 g/mol. The summed E-state index contributed by atoms with van der Waals surface area (Å²) in [5.41, 5.74) is 8.37. The van der Waals surface area contributed by atoms with Gasteiger partial charge in [0, 0.05) is 91.7 Å². The predicted molar refractivity (Wildman–Crippen MR) is 284 cm³/mol. The van der Waals surface area contributed by atoms with Crippen molar-refractivity contribution in [1.82, 2.24) is 40.1 Å². The van der Waals surface area contributed by atoms with Crippen LogP contribution in [0, 0.1) is 17.3 Å². The quantitative estimate of drug-likeness (QED) is 0.159. The van der Waals surface area contributed by atoms with Crippen LogP contribution in [-0.2, 0) is 43.2 Å². The number of likely N-dealkylation sites (N-methyl/N-ethyl adjacent to an activating group) is 1. The number of fused-ring (bicyclic) bond motifs is 6. The number of thiazole rings is 1. The van der Waals surface area contributed by atoms with Crippen LogP contribution in [0.4, 0.5) is 4.79 Å². The fraction of sp³-hybridized carbons (Fsp3) is 0.574. The van der Waals surface area contributed by atoms with E-state index in [0.29, 0.717) is 50.4 Å². The predicted octanol–water partition coefficient (Wildman–Crippen LogP) is 6.43. The van der Waals surface area contributed by atoms with Gasteiger partial charge < -0.3 is 34.3 Å². The van der Waals surface area contributed by atoms with Gasteiger partial charge in [0.1, 0.15) is 18.1 Å². The third kappa shape index (κ3) is 12.3. The minimum Gasteiger partial charge on any atom is -0.464 e. The summed E-state index contributed by atoms with van der Waals surface area (Å²) in [7, 11) is 3.28. The summed E-state index contributed by atoms with van der Waals surface area (Å²) in [5, 5.41) is 18.6. The average Bonchev–Trinajstić information content (AvgIpc) is 3.82. The average molecular weight is 1020 g/mol. The Labute approximate surface area is 427 Å². The molecule has 4 aromatic rings. The van der Waals surface area contributed by atoms with Crippen molar-refractivity contribution in [2.45, 2.75) is 117 Å². The molecule has 20 heteroatoms. The van der Waals surface area contributed by atoms with E-state index in [1.165, 1.54) is 21.2 Å². The highest BCUT2D eigenvalue weighted by Gasteiger charge is 2.44. The first-order valence-corrected chi connectivity index (χ1v) is 23.1. The van der Waals surface area contributed by atoms with E-state index in [9.17, 15) is 24.3 Å². The zero-order valence-corrected chi connectivity index (χ0v) is 45.2. The van der Waals surface area contributed by atoms with Gasteiger partial charge in [0.25, 0.3) is 5.91 Å². The normalized spacial score (nSPS) is 19.6. The molecule has 1 aromatic carbocycles. The molecular formula is C47H72N8O7S5. The molecule has 7 rings (SSSR count). The van der Waals surface area contributed by atoms with E-state index in [1.54, 1.807) is 39.1 Å². The fourth-order valence-electron chi connectivity index (χ4n) is 9.17. The minimum absolute atomic E-state index is 0. The molecule has 0 radical (unpaired) electrons. The van der Waals surface area contributed by atoms with Crippen molar-refractivity contribution >= 4 is 100 Å². The standard InChI is InChI=1S/C47H64N8O7S.4H2S/c1-11-54-37-17-16-29-20-32(37)33(41(54)31-14-12-18-48-39(31)28(4)61-10)22-46(5,6)26-62-44(58)34-15-13-19-55(51-34)43(57)35(21-38-49-36(29)25-63-38)50-42(56)40(27(2)3)52(9)45(59)53-23-30(24-53)47(7,8)60;;;;/h12,14,16-18,20,25,27-28,30,34-35,40,51,60H,11,13,15,19,21-24,26H2,1-10H3,(H,50,56);4*1H2/t28-,34-,35-,40-;;;;/m0..../s1. The van der Waals surface area contributed by atoms with Crippen molar-refractivity contribution in [3.63, 3.8) is 0 Å². The van der Waals surface area contributed by atoms with E-state index in [0.717, 1.165) is 44.7 Å². The van der Waals surface area contributed by atoms with Crippen molar-refractivity contribution in [1.29, 1.82) is 0 Å². The van der Waals surface area contributed by atoms with Crippen LogP contribution in [0.25, 0.3) is 33.4 Å².